The molecule has 134 valence electrons. The normalized spacial score (nSPS) is 23.6. The van der Waals surface area contributed by atoms with Gasteiger partial charge in [0.25, 0.3) is 5.91 Å². The first kappa shape index (κ1) is 21.1. The zero-order valence-electron chi connectivity index (χ0n) is 13.7. The van der Waals surface area contributed by atoms with E-state index in [4.69, 9.17) is 0 Å². The zero-order chi connectivity index (χ0) is 18.4. The van der Waals surface area contributed by atoms with Crippen LogP contribution in [0.15, 0.2) is 28.8 Å². The molecule has 0 bridgehead atoms. The summed E-state index contributed by atoms with van der Waals surface area (Å²) in [6.07, 6.45) is -0.0146. The molecule has 3 rings (SSSR count). The molecule has 1 aromatic heterocycles. The van der Waals surface area contributed by atoms with Crippen LogP contribution in [0.1, 0.15) is 4.88 Å². The third-order valence-corrected chi connectivity index (χ3v) is 6.82. The number of carbonyl (C=O) groups is 3. The minimum atomic E-state index is -3.96. The van der Waals surface area contributed by atoms with Crippen molar-refractivity contribution in [2.45, 2.75) is 17.8 Å². The van der Waals surface area contributed by atoms with Crippen LogP contribution in [0.2, 0.25) is 0 Å². The number of aliphatic carboxylic acids is 1. The number of thiophene rings is 1. The summed E-state index contributed by atoms with van der Waals surface area (Å²) < 4.78 is 24.7. The summed E-state index contributed by atoms with van der Waals surface area (Å²) in [5, 5.41) is 23.1. The van der Waals surface area contributed by atoms with Crippen molar-refractivity contribution in [2.24, 2.45) is 0 Å². The molecule has 2 amide bonds. The van der Waals surface area contributed by atoms with Crippen molar-refractivity contribution >= 4 is 39.0 Å². The summed E-state index contributed by atoms with van der Waals surface area (Å²) in [6.45, 7) is -0.825. The Kier molecular flexibility index (Phi) is 6.31. The van der Waals surface area contributed by atoms with Crippen molar-refractivity contribution < 1.29 is 62.6 Å². The standard InChI is InChI=1S/C14H14N2O7S2.Na/c17-5-7-6-25(22,23)13-10(12(19)16(13)11(7)14(20)21)15-9(18)4-8-2-1-3-24-8;/h1-3,10,13,17H,4-6H2,(H,15,18)(H,20,21);/q;+1/p-1/t10-,13-;/m0./s1. The molecule has 0 unspecified atom stereocenters. The predicted octanol–water partition coefficient (Wildman–Crippen LogP) is -5.63. The Morgan fingerprint density at radius 3 is 2.65 bits per heavy atom. The van der Waals surface area contributed by atoms with Crippen molar-refractivity contribution in [3.05, 3.63) is 33.7 Å². The van der Waals surface area contributed by atoms with Gasteiger partial charge < -0.3 is 20.3 Å². The Bertz CT molecular complexity index is 879. The van der Waals surface area contributed by atoms with Crippen LogP contribution < -0.4 is 40.0 Å². The molecule has 12 heteroatoms. The van der Waals surface area contributed by atoms with Gasteiger partial charge in [-0.05, 0) is 17.0 Å². The van der Waals surface area contributed by atoms with E-state index in [0.29, 0.717) is 4.90 Å². The second kappa shape index (κ2) is 7.79. The van der Waals surface area contributed by atoms with Crippen LogP contribution in [0.4, 0.5) is 0 Å². The van der Waals surface area contributed by atoms with Crippen molar-refractivity contribution in [1.29, 1.82) is 0 Å². The van der Waals surface area contributed by atoms with Gasteiger partial charge in [-0.15, -0.1) is 11.3 Å². The summed E-state index contributed by atoms with van der Waals surface area (Å²) >= 11 is 1.34. The summed E-state index contributed by atoms with van der Waals surface area (Å²) in [5.41, 5.74) is -0.955. The van der Waals surface area contributed by atoms with Gasteiger partial charge >= 0.3 is 29.6 Å². The molecule has 2 N–H and O–H groups in total. The fraction of sp³-hybridized carbons (Fsp3) is 0.357. The molecule has 26 heavy (non-hydrogen) atoms. The van der Waals surface area contributed by atoms with Gasteiger partial charge in [0, 0.05) is 4.88 Å². The van der Waals surface area contributed by atoms with E-state index in [9.17, 15) is 33.0 Å². The summed E-state index contributed by atoms with van der Waals surface area (Å²) in [4.78, 5) is 36.8. The van der Waals surface area contributed by atoms with Crippen LogP contribution >= 0.6 is 11.3 Å². The maximum absolute atomic E-state index is 12.3. The van der Waals surface area contributed by atoms with E-state index >= 15 is 0 Å². The van der Waals surface area contributed by atoms with Crippen LogP contribution in [0, 0.1) is 0 Å². The number of nitrogens with one attached hydrogen (secondary N) is 1. The predicted molar refractivity (Wildman–Crippen MR) is 83.5 cm³/mol. The minimum Gasteiger partial charge on any atom is -0.543 e. The van der Waals surface area contributed by atoms with Gasteiger partial charge in [0.15, 0.2) is 15.2 Å². The van der Waals surface area contributed by atoms with Crippen LogP contribution in [-0.2, 0) is 30.6 Å². The van der Waals surface area contributed by atoms with Crippen molar-refractivity contribution in [2.75, 3.05) is 12.4 Å². The van der Waals surface area contributed by atoms with Gasteiger partial charge in [-0.2, -0.15) is 0 Å². The molecular weight excluding hydrogens is 395 g/mol. The summed E-state index contributed by atoms with van der Waals surface area (Å²) in [6, 6.07) is 2.12. The third kappa shape index (κ3) is 3.59. The van der Waals surface area contributed by atoms with Crippen LogP contribution in [0.5, 0.6) is 0 Å². The number of hydrogen-bond donors (Lipinski definition) is 2. The number of aliphatic hydroxyl groups is 1. The number of carbonyl (C=O) groups excluding carboxylic acids is 3. The molecule has 2 aliphatic heterocycles. The molecule has 0 spiro atoms. The fourth-order valence-corrected chi connectivity index (χ4v) is 5.65. The summed E-state index contributed by atoms with van der Waals surface area (Å²) in [5.74, 6) is -3.86. The maximum Gasteiger partial charge on any atom is 1.00 e. The molecule has 0 radical (unpaired) electrons. The number of rotatable bonds is 5. The third-order valence-electron chi connectivity index (χ3n) is 3.98. The molecule has 2 atom stereocenters. The average Bonchev–Trinajstić information content (AvgIpc) is 3.03. The van der Waals surface area contributed by atoms with Gasteiger partial charge in [0.05, 0.1) is 30.4 Å². The van der Waals surface area contributed by atoms with Crippen LogP contribution in [0.25, 0.3) is 0 Å². The average molecular weight is 408 g/mol. The van der Waals surface area contributed by atoms with Crippen LogP contribution in [0.3, 0.4) is 0 Å². The molecule has 2 aliphatic rings. The molecular formula is C14H13N2NaO7S2. The molecule has 9 nitrogen and oxygen atoms in total. The zero-order valence-corrected chi connectivity index (χ0v) is 17.3. The number of hydrogen-bond acceptors (Lipinski definition) is 8. The van der Waals surface area contributed by atoms with E-state index in [1.807, 2.05) is 0 Å². The number of aliphatic hydroxyl groups excluding tert-OH is 1. The van der Waals surface area contributed by atoms with Crippen molar-refractivity contribution in [3.63, 3.8) is 0 Å². The Balaban J connectivity index is 0.00000243. The van der Waals surface area contributed by atoms with Crippen LogP contribution in [-0.4, -0.2) is 60.0 Å². The number of β-lactam (4-membered cyclic amide) rings is 1. The second-order valence-electron chi connectivity index (χ2n) is 5.61. The van der Waals surface area contributed by atoms with Crippen molar-refractivity contribution in [1.82, 2.24) is 10.2 Å². The van der Waals surface area contributed by atoms with Gasteiger partial charge in [-0.1, -0.05) is 6.07 Å². The number of carboxylic acids is 1. The molecule has 0 saturated carbocycles. The van der Waals surface area contributed by atoms with E-state index in [-0.39, 0.29) is 41.6 Å². The van der Waals surface area contributed by atoms with Gasteiger partial charge in [-0.25, -0.2) is 8.42 Å². The first-order valence-electron chi connectivity index (χ1n) is 7.17. The number of carboxylic acid groups (broad SMARTS) is 1. The summed E-state index contributed by atoms with van der Waals surface area (Å²) in [7, 11) is -3.96. The van der Waals surface area contributed by atoms with E-state index < -0.39 is 57.1 Å². The molecule has 0 aromatic carbocycles. The van der Waals surface area contributed by atoms with Crippen molar-refractivity contribution in [3.8, 4) is 0 Å². The molecule has 1 aromatic rings. The van der Waals surface area contributed by atoms with E-state index in [1.54, 1.807) is 17.5 Å². The van der Waals surface area contributed by atoms with Gasteiger partial charge in [-0.3, -0.25) is 14.5 Å². The van der Waals surface area contributed by atoms with E-state index in [1.165, 1.54) is 11.3 Å². The molecule has 3 heterocycles. The smallest absolute Gasteiger partial charge is 0.543 e. The quantitative estimate of drug-likeness (QED) is 0.365. The number of fused-ring (bicyclic) bond motifs is 1. The largest absolute Gasteiger partial charge is 1.00 e. The first-order chi connectivity index (χ1) is 11.8. The minimum absolute atomic E-state index is 0. The number of nitrogens with zero attached hydrogens (tertiary/aromatic N) is 1. The van der Waals surface area contributed by atoms with E-state index in [0.717, 1.165) is 4.88 Å². The monoisotopic (exact) mass is 408 g/mol. The molecule has 0 aliphatic carbocycles. The second-order valence-corrected chi connectivity index (χ2v) is 8.73. The number of amides is 2. The Morgan fingerprint density at radius 2 is 2.12 bits per heavy atom. The topological polar surface area (TPSA) is 144 Å². The van der Waals surface area contributed by atoms with Gasteiger partial charge in [0.2, 0.25) is 5.91 Å². The first-order valence-corrected chi connectivity index (χ1v) is 9.76. The number of sulfone groups is 1. The Morgan fingerprint density at radius 1 is 1.42 bits per heavy atom. The van der Waals surface area contributed by atoms with Gasteiger partial charge in [0.1, 0.15) is 6.04 Å². The Labute approximate surface area is 174 Å². The maximum atomic E-state index is 12.3. The molecule has 1 fully saturated rings. The SMILES string of the molecule is O=C(Cc1cccs1)N[C@H]1C(=O)N2C(C(=O)[O-])=C(CO)CS(=O)(=O)[C@@H]12.[Na+]. The fourth-order valence-electron chi connectivity index (χ4n) is 2.93. The molecule has 1 saturated heterocycles. The van der Waals surface area contributed by atoms with E-state index in [2.05, 4.69) is 5.32 Å². The Hall–Kier alpha value is -1.24.